The van der Waals surface area contributed by atoms with Gasteiger partial charge in [0, 0.05) is 12.8 Å². The Kier molecular flexibility index (Phi) is 3.13. The zero-order chi connectivity index (χ0) is 10.8. The summed E-state index contributed by atoms with van der Waals surface area (Å²) in [5.41, 5.74) is -0.680. The molecule has 1 heterocycles. The summed E-state index contributed by atoms with van der Waals surface area (Å²) in [4.78, 5) is 22.2. The minimum absolute atomic E-state index is 0.115. The van der Waals surface area contributed by atoms with Crippen LogP contribution in [0.3, 0.4) is 0 Å². The molecular weight excluding hydrogens is 184 g/mol. The van der Waals surface area contributed by atoms with E-state index in [1.54, 1.807) is 13.8 Å². The van der Waals surface area contributed by atoms with Crippen molar-refractivity contribution in [1.82, 2.24) is 0 Å². The highest BCUT2D eigenvalue weighted by molar-refractivity contribution is 5.79. The van der Waals surface area contributed by atoms with Crippen LogP contribution >= 0.6 is 0 Å². The Morgan fingerprint density at radius 2 is 2.14 bits per heavy atom. The van der Waals surface area contributed by atoms with Crippen molar-refractivity contribution in [3.8, 4) is 0 Å². The maximum Gasteiger partial charge on any atom is 0.509 e. The monoisotopic (exact) mass is 200 g/mol. The molecular formula is C10H16O4. The second kappa shape index (κ2) is 3.98. The summed E-state index contributed by atoms with van der Waals surface area (Å²) in [6.07, 6.45) is 0.496. The SMILES string of the molecule is CCCC(=O)CC1OC(=O)OC1(C)C. The summed E-state index contributed by atoms with van der Waals surface area (Å²) < 4.78 is 9.84. The first-order valence-corrected chi connectivity index (χ1v) is 4.87. The van der Waals surface area contributed by atoms with Crippen LogP contribution in [0.4, 0.5) is 4.79 Å². The van der Waals surface area contributed by atoms with Crippen LogP contribution in [-0.4, -0.2) is 23.6 Å². The van der Waals surface area contributed by atoms with Crippen molar-refractivity contribution < 1.29 is 19.1 Å². The predicted octanol–water partition coefficient (Wildman–Crippen LogP) is 2.06. The van der Waals surface area contributed by atoms with Crippen LogP contribution in [0.15, 0.2) is 0 Å². The zero-order valence-corrected chi connectivity index (χ0v) is 8.83. The number of ether oxygens (including phenoxy) is 2. The van der Waals surface area contributed by atoms with Gasteiger partial charge in [-0.25, -0.2) is 4.79 Å². The second-order valence-electron chi connectivity index (χ2n) is 4.05. The van der Waals surface area contributed by atoms with Crippen molar-refractivity contribution in [2.75, 3.05) is 0 Å². The minimum atomic E-state index is -0.680. The molecule has 4 nitrogen and oxygen atoms in total. The van der Waals surface area contributed by atoms with Gasteiger partial charge in [-0.3, -0.25) is 4.79 Å². The first kappa shape index (κ1) is 11.0. The van der Waals surface area contributed by atoms with E-state index in [0.717, 1.165) is 6.42 Å². The van der Waals surface area contributed by atoms with Gasteiger partial charge in [0.1, 0.15) is 11.4 Å². The highest BCUT2D eigenvalue weighted by Crippen LogP contribution is 2.28. The molecule has 1 atom stereocenters. The van der Waals surface area contributed by atoms with E-state index in [4.69, 9.17) is 9.47 Å². The number of cyclic esters (lactones) is 2. The van der Waals surface area contributed by atoms with Crippen LogP contribution in [0, 0.1) is 0 Å². The molecule has 1 saturated heterocycles. The van der Waals surface area contributed by atoms with E-state index in [0.29, 0.717) is 6.42 Å². The topological polar surface area (TPSA) is 52.6 Å². The van der Waals surface area contributed by atoms with Crippen molar-refractivity contribution in [1.29, 1.82) is 0 Å². The molecule has 1 aliphatic rings. The molecule has 0 aromatic rings. The first-order chi connectivity index (χ1) is 6.45. The molecule has 4 heteroatoms. The van der Waals surface area contributed by atoms with Crippen LogP contribution in [0.1, 0.15) is 40.0 Å². The van der Waals surface area contributed by atoms with E-state index in [1.165, 1.54) is 0 Å². The highest BCUT2D eigenvalue weighted by atomic mass is 16.8. The van der Waals surface area contributed by atoms with Gasteiger partial charge in [-0.2, -0.15) is 0 Å². The molecule has 80 valence electrons. The van der Waals surface area contributed by atoms with Gasteiger partial charge in [-0.05, 0) is 20.3 Å². The standard InChI is InChI=1S/C10H16O4/c1-4-5-7(11)6-8-10(2,3)14-9(12)13-8/h8H,4-6H2,1-3H3. The van der Waals surface area contributed by atoms with Crippen LogP contribution in [0.5, 0.6) is 0 Å². The van der Waals surface area contributed by atoms with Crippen LogP contribution in [-0.2, 0) is 14.3 Å². The number of hydrogen-bond acceptors (Lipinski definition) is 4. The highest BCUT2D eigenvalue weighted by Gasteiger charge is 2.44. The number of Topliss-reactive ketones (excluding diaryl/α,β-unsaturated/α-hetero) is 1. The third-order valence-electron chi connectivity index (χ3n) is 2.30. The fourth-order valence-electron chi connectivity index (χ4n) is 1.44. The number of hydrogen-bond donors (Lipinski definition) is 0. The van der Waals surface area contributed by atoms with Gasteiger partial charge in [0.05, 0.1) is 0 Å². The number of ketones is 1. The molecule has 1 rings (SSSR count). The summed E-state index contributed by atoms with van der Waals surface area (Å²) in [6, 6.07) is 0. The fraction of sp³-hybridized carbons (Fsp3) is 0.800. The van der Waals surface area contributed by atoms with Crippen LogP contribution < -0.4 is 0 Å². The predicted molar refractivity (Wildman–Crippen MR) is 50.0 cm³/mol. The quantitative estimate of drug-likeness (QED) is 0.652. The van der Waals surface area contributed by atoms with Gasteiger partial charge < -0.3 is 9.47 Å². The van der Waals surface area contributed by atoms with E-state index >= 15 is 0 Å². The summed E-state index contributed by atoms with van der Waals surface area (Å²) in [5.74, 6) is 0.115. The van der Waals surface area contributed by atoms with E-state index < -0.39 is 17.9 Å². The normalized spacial score (nSPS) is 24.2. The zero-order valence-electron chi connectivity index (χ0n) is 8.83. The second-order valence-corrected chi connectivity index (χ2v) is 4.05. The van der Waals surface area contributed by atoms with Crippen molar-refractivity contribution in [2.45, 2.75) is 51.7 Å². The fourth-order valence-corrected chi connectivity index (χ4v) is 1.44. The van der Waals surface area contributed by atoms with Crippen molar-refractivity contribution in [3.63, 3.8) is 0 Å². The summed E-state index contributed by atoms with van der Waals surface area (Å²) >= 11 is 0. The van der Waals surface area contributed by atoms with Crippen LogP contribution in [0.25, 0.3) is 0 Å². The number of carbonyl (C=O) groups excluding carboxylic acids is 2. The average molecular weight is 200 g/mol. The summed E-state index contributed by atoms with van der Waals surface area (Å²) in [7, 11) is 0. The van der Waals surface area contributed by atoms with Crippen molar-refractivity contribution in [2.24, 2.45) is 0 Å². The third kappa shape index (κ3) is 2.47. The Balaban J connectivity index is 2.52. The molecule has 0 saturated carbocycles. The Hall–Kier alpha value is -1.06. The van der Waals surface area contributed by atoms with Gasteiger partial charge in [0.15, 0.2) is 6.10 Å². The third-order valence-corrected chi connectivity index (χ3v) is 2.30. The lowest BCUT2D eigenvalue weighted by atomic mass is 9.96. The van der Waals surface area contributed by atoms with Gasteiger partial charge in [0.25, 0.3) is 0 Å². The van der Waals surface area contributed by atoms with Crippen molar-refractivity contribution >= 4 is 11.9 Å². The smallest absolute Gasteiger partial charge is 0.426 e. The van der Waals surface area contributed by atoms with Crippen molar-refractivity contribution in [3.05, 3.63) is 0 Å². The lowest BCUT2D eigenvalue weighted by Crippen LogP contribution is -2.34. The van der Waals surface area contributed by atoms with E-state index in [1.807, 2.05) is 6.92 Å². The first-order valence-electron chi connectivity index (χ1n) is 4.87. The molecule has 1 fully saturated rings. The Labute approximate surface area is 83.6 Å². The van der Waals surface area contributed by atoms with E-state index in [9.17, 15) is 9.59 Å². The minimum Gasteiger partial charge on any atom is -0.426 e. The van der Waals surface area contributed by atoms with E-state index in [2.05, 4.69) is 0 Å². The van der Waals surface area contributed by atoms with Crippen LogP contribution in [0.2, 0.25) is 0 Å². The van der Waals surface area contributed by atoms with Gasteiger partial charge in [0.2, 0.25) is 0 Å². The average Bonchev–Trinajstić information content (AvgIpc) is 2.25. The lowest BCUT2D eigenvalue weighted by molar-refractivity contribution is -0.121. The molecule has 1 unspecified atom stereocenters. The molecule has 0 N–H and O–H groups in total. The maximum atomic E-state index is 11.3. The molecule has 14 heavy (non-hydrogen) atoms. The van der Waals surface area contributed by atoms with Gasteiger partial charge in [-0.15, -0.1) is 0 Å². The molecule has 0 spiro atoms. The summed E-state index contributed by atoms with van der Waals surface area (Å²) in [5, 5.41) is 0. The maximum absolute atomic E-state index is 11.3. The largest absolute Gasteiger partial charge is 0.509 e. The van der Waals surface area contributed by atoms with Gasteiger partial charge in [-0.1, -0.05) is 6.92 Å². The Morgan fingerprint density at radius 1 is 1.50 bits per heavy atom. The molecule has 0 amide bonds. The molecule has 1 aliphatic heterocycles. The summed E-state index contributed by atoms with van der Waals surface area (Å²) in [6.45, 7) is 5.45. The molecule has 0 radical (unpaired) electrons. The molecule has 0 aliphatic carbocycles. The molecule has 0 bridgehead atoms. The van der Waals surface area contributed by atoms with Gasteiger partial charge >= 0.3 is 6.16 Å². The lowest BCUT2D eigenvalue weighted by Gasteiger charge is -2.20. The Bertz CT molecular complexity index is 245. The number of carbonyl (C=O) groups is 2. The Morgan fingerprint density at radius 3 is 2.57 bits per heavy atom. The molecule has 0 aromatic heterocycles. The molecule has 0 aromatic carbocycles. The number of rotatable bonds is 4. The van der Waals surface area contributed by atoms with E-state index in [-0.39, 0.29) is 12.2 Å².